The molecule has 10 heteroatoms. The van der Waals surface area contributed by atoms with Crippen LogP contribution in [0.2, 0.25) is 0 Å². The first-order valence-electron chi connectivity index (χ1n) is 14.3. The maximum absolute atomic E-state index is 14.1. The molecule has 0 spiro atoms. The standard InChI is InChI=1S/C31H37N7O3/c1-3-36(4-2)25-15-13-24(14-16-25)30(31(40)33-20-26-10-8-18-41-26)37(21-23-9-7-17-32-19-23)29(39)22-38-28-12-6-5-11-27(28)34-35-38/h5-7,9,11-17,19,26,30H,3-4,8,10,18,20-22H2,1-2H3,(H,33,40)/t26-,30-/m0/s1. The fourth-order valence-electron chi connectivity index (χ4n) is 5.31. The molecular weight excluding hydrogens is 518 g/mol. The van der Waals surface area contributed by atoms with Crippen LogP contribution in [0.4, 0.5) is 5.69 Å². The number of pyridine rings is 1. The Morgan fingerprint density at radius 1 is 1.07 bits per heavy atom. The van der Waals surface area contributed by atoms with E-state index in [2.05, 4.69) is 39.4 Å². The minimum absolute atomic E-state index is 0.0198. The number of amides is 2. The van der Waals surface area contributed by atoms with E-state index in [9.17, 15) is 9.59 Å². The first-order valence-corrected chi connectivity index (χ1v) is 14.3. The van der Waals surface area contributed by atoms with Crippen molar-refractivity contribution in [3.8, 4) is 0 Å². The molecule has 2 aromatic carbocycles. The summed E-state index contributed by atoms with van der Waals surface area (Å²) in [5, 5.41) is 11.5. The lowest BCUT2D eigenvalue weighted by molar-refractivity contribution is -0.142. The van der Waals surface area contributed by atoms with Crippen LogP contribution in [0.1, 0.15) is 43.9 Å². The van der Waals surface area contributed by atoms with Gasteiger partial charge in [-0.2, -0.15) is 0 Å². The van der Waals surface area contributed by atoms with Crippen LogP contribution in [0.3, 0.4) is 0 Å². The van der Waals surface area contributed by atoms with Gasteiger partial charge in [0.15, 0.2) is 0 Å². The molecule has 3 heterocycles. The number of nitrogens with one attached hydrogen (secondary N) is 1. The van der Waals surface area contributed by atoms with Crippen molar-refractivity contribution in [2.45, 2.75) is 51.9 Å². The lowest BCUT2D eigenvalue weighted by atomic mass is 10.0. The topological polar surface area (TPSA) is 105 Å². The maximum Gasteiger partial charge on any atom is 0.247 e. The van der Waals surface area contributed by atoms with Gasteiger partial charge in [-0.25, -0.2) is 4.68 Å². The summed E-state index contributed by atoms with van der Waals surface area (Å²) >= 11 is 0. The van der Waals surface area contributed by atoms with E-state index in [4.69, 9.17) is 4.74 Å². The molecule has 1 N–H and O–H groups in total. The normalized spacial score (nSPS) is 15.5. The van der Waals surface area contributed by atoms with Gasteiger partial charge in [0.25, 0.3) is 0 Å². The first kappa shape index (κ1) is 28.2. The van der Waals surface area contributed by atoms with Crippen LogP contribution < -0.4 is 10.2 Å². The highest BCUT2D eigenvalue weighted by Crippen LogP contribution is 2.27. The Morgan fingerprint density at radius 3 is 2.59 bits per heavy atom. The average molecular weight is 556 g/mol. The van der Waals surface area contributed by atoms with Crippen LogP contribution in [0.25, 0.3) is 11.0 Å². The predicted molar refractivity (Wildman–Crippen MR) is 157 cm³/mol. The number of para-hydroxylation sites is 1. The van der Waals surface area contributed by atoms with Crippen LogP contribution in [-0.2, 0) is 27.4 Å². The van der Waals surface area contributed by atoms with Gasteiger partial charge in [-0.05, 0) is 68.1 Å². The molecule has 0 unspecified atom stereocenters. The van der Waals surface area contributed by atoms with Gasteiger partial charge in [-0.15, -0.1) is 5.10 Å². The van der Waals surface area contributed by atoms with Crippen LogP contribution in [0.15, 0.2) is 73.1 Å². The van der Waals surface area contributed by atoms with E-state index in [1.54, 1.807) is 22.0 Å². The Labute approximate surface area is 240 Å². The fraction of sp³-hybridized carbons (Fsp3) is 0.387. The van der Waals surface area contributed by atoms with E-state index < -0.39 is 6.04 Å². The minimum atomic E-state index is -0.871. The second kappa shape index (κ2) is 13.4. The summed E-state index contributed by atoms with van der Waals surface area (Å²) in [6.45, 7) is 7.21. The van der Waals surface area contributed by atoms with Crippen molar-refractivity contribution in [1.29, 1.82) is 0 Å². The minimum Gasteiger partial charge on any atom is -0.376 e. The first-order chi connectivity index (χ1) is 20.1. The molecule has 2 aromatic heterocycles. The number of hydrogen-bond donors (Lipinski definition) is 1. The van der Waals surface area contributed by atoms with Gasteiger partial charge in [0.05, 0.1) is 11.6 Å². The lowest BCUT2D eigenvalue weighted by Gasteiger charge is -2.32. The SMILES string of the molecule is CCN(CC)c1ccc([C@@H](C(=O)NC[C@@H]2CCCO2)N(Cc2cccnc2)C(=O)Cn2nnc3ccccc32)cc1. The number of hydrogen-bond acceptors (Lipinski definition) is 7. The number of rotatable bonds is 12. The second-order valence-electron chi connectivity index (χ2n) is 10.2. The molecule has 2 amide bonds. The average Bonchev–Trinajstić information content (AvgIpc) is 3.68. The highest BCUT2D eigenvalue weighted by molar-refractivity contribution is 5.89. The van der Waals surface area contributed by atoms with Gasteiger partial charge in [-0.1, -0.05) is 35.5 Å². The Bertz CT molecular complexity index is 1430. The Morgan fingerprint density at radius 2 is 1.88 bits per heavy atom. The summed E-state index contributed by atoms with van der Waals surface area (Å²) in [4.78, 5) is 36.2. The summed E-state index contributed by atoms with van der Waals surface area (Å²) in [6.07, 6.45) is 5.27. The van der Waals surface area contributed by atoms with Crippen LogP contribution >= 0.6 is 0 Å². The van der Waals surface area contributed by atoms with Crippen molar-refractivity contribution in [1.82, 2.24) is 30.2 Å². The molecule has 0 radical (unpaired) electrons. The zero-order chi connectivity index (χ0) is 28.6. The molecule has 41 heavy (non-hydrogen) atoms. The Balaban J connectivity index is 1.50. The summed E-state index contributed by atoms with van der Waals surface area (Å²) in [5.41, 5.74) is 4.08. The number of anilines is 1. The summed E-state index contributed by atoms with van der Waals surface area (Å²) in [5.74, 6) is -0.508. The van der Waals surface area contributed by atoms with E-state index in [0.717, 1.165) is 48.3 Å². The fourth-order valence-corrected chi connectivity index (χ4v) is 5.31. The maximum atomic E-state index is 14.1. The smallest absolute Gasteiger partial charge is 0.247 e. The third-order valence-corrected chi connectivity index (χ3v) is 7.53. The molecule has 1 aliphatic rings. The molecule has 214 valence electrons. The zero-order valence-electron chi connectivity index (χ0n) is 23.6. The van der Waals surface area contributed by atoms with Crippen LogP contribution in [0.5, 0.6) is 0 Å². The van der Waals surface area contributed by atoms with Gasteiger partial charge >= 0.3 is 0 Å². The van der Waals surface area contributed by atoms with Crippen molar-refractivity contribution in [2.75, 3.05) is 31.1 Å². The molecule has 5 rings (SSSR count). The predicted octanol–water partition coefficient (Wildman–Crippen LogP) is 3.74. The number of carbonyl (C=O) groups is 2. The molecule has 0 aliphatic carbocycles. The highest BCUT2D eigenvalue weighted by atomic mass is 16.5. The van der Waals surface area contributed by atoms with E-state index in [1.165, 1.54) is 0 Å². The molecule has 0 bridgehead atoms. The summed E-state index contributed by atoms with van der Waals surface area (Å²) in [6, 6.07) is 18.3. The molecule has 4 aromatic rings. The van der Waals surface area contributed by atoms with Crippen molar-refractivity contribution in [3.63, 3.8) is 0 Å². The zero-order valence-corrected chi connectivity index (χ0v) is 23.6. The monoisotopic (exact) mass is 555 g/mol. The summed E-state index contributed by atoms with van der Waals surface area (Å²) < 4.78 is 7.32. The van der Waals surface area contributed by atoms with Crippen molar-refractivity contribution < 1.29 is 14.3 Å². The van der Waals surface area contributed by atoms with Gasteiger partial charge in [0.1, 0.15) is 18.1 Å². The molecule has 0 saturated carbocycles. The molecule has 2 atom stereocenters. The highest BCUT2D eigenvalue weighted by Gasteiger charge is 2.33. The number of nitrogens with zero attached hydrogens (tertiary/aromatic N) is 6. The molecular formula is C31H37N7O3. The summed E-state index contributed by atoms with van der Waals surface area (Å²) in [7, 11) is 0. The number of benzene rings is 2. The van der Waals surface area contributed by atoms with Gasteiger partial charge in [0.2, 0.25) is 11.8 Å². The lowest BCUT2D eigenvalue weighted by Crippen LogP contribution is -2.46. The number of aromatic nitrogens is 4. The van der Waals surface area contributed by atoms with Crippen LogP contribution in [0, 0.1) is 0 Å². The van der Waals surface area contributed by atoms with Crippen LogP contribution in [-0.4, -0.2) is 69.0 Å². The molecule has 1 saturated heterocycles. The van der Waals surface area contributed by atoms with E-state index in [0.29, 0.717) is 18.7 Å². The molecule has 10 nitrogen and oxygen atoms in total. The second-order valence-corrected chi connectivity index (χ2v) is 10.2. The van der Waals surface area contributed by atoms with E-state index in [-0.39, 0.29) is 31.0 Å². The van der Waals surface area contributed by atoms with Crippen molar-refractivity contribution >= 4 is 28.5 Å². The van der Waals surface area contributed by atoms with Crippen molar-refractivity contribution in [2.24, 2.45) is 0 Å². The van der Waals surface area contributed by atoms with Gasteiger partial charge < -0.3 is 19.9 Å². The Kier molecular flexibility index (Phi) is 9.20. The number of fused-ring (bicyclic) bond motifs is 1. The molecule has 1 fully saturated rings. The largest absolute Gasteiger partial charge is 0.376 e. The number of carbonyl (C=O) groups excluding carboxylic acids is 2. The van der Waals surface area contributed by atoms with Gasteiger partial charge in [0, 0.05) is 50.9 Å². The van der Waals surface area contributed by atoms with E-state index in [1.807, 2.05) is 60.7 Å². The quantitative estimate of drug-likeness (QED) is 0.284. The van der Waals surface area contributed by atoms with E-state index >= 15 is 0 Å². The van der Waals surface area contributed by atoms with Gasteiger partial charge in [-0.3, -0.25) is 14.6 Å². The number of ether oxygens (including phenoxy) is 1. The third kappa shape index (κ3) is 6.71. The third-order valence-electron chi connectivity index (χ3n) is 7.53. The van der Waals surface area contributed by atoms with Crippen molar-refractivity contribution in [3.05, 3.63) is 84.2 Å². The molecule has 1 aliphatic heterocycles. The Hall–Kier alpha value is -4.31.